The fraction of sp³-hybridized carbons (Fsp3) is 0.529. The third-order valence-corrected chi connectivity index (χ3v) is 4.56. The maximum atomic E-state index is 12.4. The van der Waals surface area contributed by atoms with Crippen molar-refractivity contribution in [1.29, 1.82) is 0 Å². The zero-order valence-corrected chi connectivity index (χ0v) is 15.5. The quantitative estimate of drug-likeness (QED) is 0.372. The first-order valence-corrected chi connectivity index (χ1v) is 8.87. The van der Waals surface area contributed by atoms with Gasteiger partial charge in [0.05, 0.1) is 12.3 Å². The molecule has 1 aliphatic heterocycles. The molecule has 1 aromatic rings. The van der Waals surface area contributed by atoms with Gasteiger partial charge in [-0.2, -0.15) is 0 Å². The third-order valence-electron chi connectivity index (χ3n) is 4.03. The Morgan fingerprint density at radius 2 is 1.91 bits per heavy atom. The number of carbonyl (C=O) groups excluding carboxylic acids is 1. The average Bonchev–Trinajstić information content (AvgIpc) is 2.52. The van der Waals surface area contributed by atoms with E-state index < -0.39 is 0 Å². The SMILES string of the molecule is CCOC(=O)/C(=N/Nc1ccc(Br)cc1)N1[C@H](C)CCC[C@H]1C. The van der Waals surface area contributed by atoms with Gasteiger partial charge in [0.25, 0.3) is 0 Å². The van der Waals surface area contributed by atoms with Crippen LogP contribution >= 0.6 is 15.9 Å². The molecule has 0 amide bonds. The molecule has 0 aromatic heterocycles. The highest BCUT2D eigenvalue weighted by atomic mass is 79.9. The molecule has 126 valence electrons. The normalized spacial score (nSPS) is 21.9. The van der Waals surface area contributed by atoms with Crippen LogP contribution in [0, 0.1) is 0 Å². The summed E-state index contributed by atoms with van der Waals surface area (Å²) >= 11 is 3.40. The Morgan fingerprint density at radius 3 is 2.48 bits per heavy atom. The maximum Gasteiger partial charge on any atom is 0.376 e. The van der Waals surface area contributed by atoms with Crippen LogP contribution in [0.2, 0.25) is 0 Å². The minimum Gasteiger partial charge on any atom is -0.460 e. The van der Waals surface area contributed by atoms with E-state index in [1.807, 2.05) is 24.3 Å². The van der Waals surface area contributed by atoms with Crippen molar-refractivity contribution in [2.45, 2.75) is 52.1 Å². The summed E-state index contributed by atoms with van der Waals surface area (Å²) < 4.78 is 6.20. The molecular weight excluding hydrogens is 358 g/mol. The van der Waals surface area contributed by atoms with Crippen molar-refractivity contribution >= 4 is 33.4 Å². The van der Waals surface area contributed by atoms with E-state index in [4.69, 9.17) is 4.74 Å². The van der Waals surface area contributed by atoms with E-state index in [2.05, 4.69) is 45.2 Å². The molecule has 2 atom stereocenters. The molecule has 1 heterocycles. The Hall–Kier alpha value is -1.56. The summed E-state index contributed by atoms with van der Waals surface area (Å²) in [4.78, 5) is 14.4. The second-order valence-electron chi connectivity index (χ2n) is 5.81. The van der Waals surface area contributed by atoms with Gasteiger partial charge < -0.3 is 9.64 Å². The fourth-order valence-electron chi connectivity index (χ4n) is 2.89. The van der Waals surface area contributed by atoms with Crippen LogP contribution in [-0.4, -0.2) is 35.4 Å². The number of benzene rings is 1. The monoisotopic (exact) mass is 381 g/mol. The standard InChI is InChI=1S/C17H24BrN3O2/c1-4-23-17(22)16(21-12(2)6-5-7-13(21)3)20-19-15-10-8-14(18)9-11-15/h8-13,19H,4-7H2,1-3H3/b20-16-/t12-,13-/m1/s1. The highest BCUT2D eigenvalue weighted by molar-refractivity contribution is 9.10. The van der Waals surface area contributed by atoms with Crippen LogP contribution in [0.3, 0.4) is 0 Å². The van der Waals surface area contributed by atoms with Crippen LogP contribution in [0.15, 0.2) is 33.8 Å². The summed E-state index contributed by atoms with van der Waals surface area (Å²) in [6.07, 6.45) is 3.29. The minimum atomic E-state index is -0.377. The average molecular weight is 382 g/mol. The lowest BCUT2D eigenvalue weighted by atomic mass is 9.97. The summed E-state index contributed by atoms with van der Waals surface area (Å²) in [6, 6.07) is 8.20. The largest absolute Gasteiger partial charge is 0.460 e. The van der Waals surface area contributed by atoms with Crippen LogP contribution in [-0.2, 0) is 9.53 Å². The highest BCUT2D eigenvalue weighted by Gasteiger charge is 2.32. The summed E-state index contributed by atoms with van der Waals surface area (Å²) in [7, 11) is 0. The first-order valence-electron chi connectivity index (χ1n) is 8.07. The second-order valence-corrected chi connectivity index (χ2v) is 6.73. The number of nitrogens with zero attached hydrogens (tertiary/aromatic N) is 2. The van der Waals surface area contributed by atoms with Crippen molar-refractivity contribution in [2.24, 2.45) is 5.10 Å². The number of rotatable bonds is 3. The number of anilines is 1. The van der Waals surface area contributed by atoms with Gasteiger partial charge in [0, 0.05) is 16.6 Å². The van der Waals surface area contributed by atoms with E-state index in [1.165, 1.54) is 6.42 Å². The topological polar surface area (TPSA) is 53.9 Å². The zero-order chi connectivity index (χ0) is 16.8. The van der Waals surface area contributed by atoms with Crippen molar-refractivity contribution in [3.8, 4) is 0 Å². The van der Waals surface area contributed by atoms with E-state index in [-0.39, 0.29) is 18.1 Å². The predicted molar refractivity (Wildman–Crippen MR) is 96.4 cm³/mol. The first-order chi connectivity index (χ1) is 11.0. The lowest BCUT2D eigenvalue weighted by Crippen LogP contribution is -2.51. The maximum absolute atomic E-state index is 12.4. The number of likely N-dealkylation sites (tertiary alicyclic amines) is 1. The first kappa shape index (κ1) is 17.8. The van der Waals surface area contributed by atoms with Crippen molar-refractivity contribution in [2.75, 3.05) is 12.0 Å². The van der Waals surface area contributed by atoms with Gasteiger partial charge in [-0.3, -0.25) is 5.43 Å². The van der Waals surface area contributed by atoms with Crippen molar-refractivity contribution in [3.05, 3.63) is 28.7 Å². The number of hydrazone groups is 1. The van der Waals surface area contributed by atoms with Gasteiger partial charge in [-0.25, -0.2) is 4.79 Å². The van der Waals surface area contributed by atoms with Crippen LogP contribution in [0.1, 0.15) is 40.0 Å². The molecule has 0 radical (unpaired) electrons. The van der Waals surface area contributed by atoms with Crippen LogP contribution in [0.5, 0.6) is 0 Å². The van der Waals surface area contributed by atoms with Crippen LogP contribution in [0.4, 0.5) is 5.69 Å². The Kier molecular flexibility index (Phi) is 6.45. The number of nitrogens with one attached hydrogen (secondary N) is 1. The summed E-state index contributed by atoms with van der Waals surface area (Å²) in [5.74, 6) is -0.0211. The Labute approximate surface area is 146 Å². The molecule has 0 spiro atoms. The molecule has 23 heavy (non-hydrogen) atoms. The van der Waals surface area contributed by atoms with Crippen molar-refractivity contribution < 1.29 is 9.53 Å². The van der Waals surface area contributed by atoms with Gasteiger partial charge in [0.1, 0.15) is 0 Å². The fourth-order valence-corrected chi connectivity index (χ4v) is 3.15. The van der Waals surface area contributed by atoms with E-state index >= 15 is 0 Å². The zero-order valence-electron chi connectivity index (χ0n) is 13.9. The summed E-state index contributed by atoms with van der Waals surface area (Å²) in [5.41, 5.74) is 3.80. The van der Waals surface area contributed by atoms with Crippen LogP contribution < -0.4 is 5.43 Å². The van der Waals surface area contributed by atoms with Gasteiger partial charge in [-0.05, 0) is 64.3 Å². The molecule has 1 fully saturated rings. The second kappa shape index (κ2) is 8.34. The van der Waals surface area contributed by atoms with Gasteiger partial charge in [-0.1, -0.05) is 15.9 Å². The smallest absolute Gasteiger partial charge is 0.376 e. The number of piperidine rings is 1. The molecular formula is C17H24BrN3O2. The Morgan fingerprint density at radius 1 is 1.30 bits per heavy atom. The molecule has 5 nitrogen and oxygen atoms in total. The van der Waals surface area contributed by atoms with Gasteiger partial charge in [-0.15, -0.1) is 5.10 Å². The third kappa shape index (κ3) is 4.70. The molecule has 1 aromatic carbocycles. The summed E-state index contributed by atoms with van der Waals surface area (Å²) in [5, 5.41) is 4.37. The highest BCUT2D eigenvalue weighted by Crippen LogP contribution is 2.23. The Bertz CT molecular complexity index is 549. The molecule has 0 unspecified atom stereocenters. The minimum absolute atomic E-state index is 0.272. The molecule has 1 aliphatic rings. The van der Waals surface area contributed by atoms with Crippen LogP contribution in [0.25, 0.3) is 0 Å². The number of halogens is 1. The predicted octanol–water partition coefficient (Wildman–Crippen LogP) is 4.00. The molecule has 6 heteroatoms. The van der Waals surface area contributed by atoms with E-state index in [1.54, 1.807) is 6.92 Å². The molecule has 2 rings (SSSR count). The number of ether oxygens (including phenoxy) is 1. The lowest BCUT2D eigenvalue weighted by molar-refractivity contribution is -0.136. The van der Waals surface area contributed by atoms with Crippen molar-refractivity contribution in [1.82, 2.24) is 4.90 Å². The van der Waals surface area contributed by atoms with E-state index in [9.17, 15) is 4.79 Å². The van der Waals surface area contributed by atoms with Gasteiger partial charge >= 0.3 is 5.97 Å². The molecule has 1 N–H and O–H groups in total. The Balaban J connectivity index is 2.23. The molecule has 0 bridgehead atoms. The van der Waals surface area contributed by atoms with E-state index in [0.717, 1.165) is 23.0 Å². The van der Waals surface area contributed by atoms with Crippen molar-refractivity contribution in [3.63, 3.8) is 0 Å². The van der Waals surface area contributed by atoms with Gasteiger partial charge in [0.2, 0.25) is 5.84 Å². The molecule has 1 saturated heterocycles. The lowest BCUT2D eigenvalue weighted by Gasteiger charge is -2.40. The van der Waals surface area contributed by atoms with Gasteiger partial charge in [0.15, 0.2) is 0 Å². The van der Waals surface area contributed by atoms with E-state index in [0.29, 0.717) is 12.4 Å². The summed E-state index contributed by atoms with van der Waals surface area (Å²) in [6.45, 7) is 6.40. The number of amidine groups is 1. The molecule has 0 aliphatic carbocycles. The number of hydrogen-bond acceptors (Lipinski definition) is 4. The number of esters is 1. The number of hydrogen-bond donors (Lipinski definition) is 1. The molecule has 0 saturated carbocycles. The number of carbonyl (C=O) groups is 1.